The molecule has 5 nitrogen and oxygen atoms in total. The van der Waals surface area contributed by atoms with Crippen molar-refractivity contribution in [2.75, 3.05) is 0 Å². The molecular formula is C11H8IN3O2. The number of primary amides is 1. The molecule has 0 bridgehead atoms. The van der Waals surface area contributed by atoms with Crippen LogP contribution in [0.3, 0.4) is 0 Å². The fourth-order valence-electron chi connectivity index (χ4n) is 1.15. The number of rotatable bonds is 3. The maximum absolute atomic E-state index is 10.9. The van der Waals surface area contributed by atoms with Crippen molar-refractivity contribution in [3.8, 4) is 11.8 Å². The van der Waals surface area contributed by atoms with Gasteiger partial charge in [0.05, 0.1) is 0 Å². The Labute approximate surface area is 111 Å². The summed E-state index contributed by atoms with van der Waals surface area (Å²) in [7, 11) is 0. The van der Waals surface area contributed by atoms with E-state index in [1.807, 2.05) is 0 Å². The Morgan fingerprint density at radius 3 is 2.29 bits per heavy atom. The highest BCUT2D eigenvalue weighted by molar-refractivity contribution is 14.1. The predicted octanol–water partition coefficient (Wildman–Crippen LogP) is 1.97. The van der Waals surface area contributed by atoms with E-state index in [1.165, 1.54) is 0 Å². The predicted molar refractivity (Wildman–Crippen MR) is 69.8 cm³/mol. The Balaban J connectivity index is 2.13. The lowest BCUT2D eigenvalue weighted by atomic mass is 10.2. The standard InChI is InChI=1S/C11H8IN3O2/c12-8-5-14-11(15-6-8)17-9-3-1-7(2-4-9)10(13)16/h1-6H,(H2,13,16). The first-order valence-corrected chi connectivity index (χ1v) is 5.78. The maximum Gasteiger partial charge on any atom is 0.321 e. The van der Waals surface area contributed by atoms with E-state index in [0.29, 0.717) is 11.3 Å². The highest BCUT2D eigenvalue weighted by atomic mass is 127. The van der Waals surface area contributed by atoms with Gasteiger partial charge in [0, 0.05) is 21.5 Å². The van der Waals surface area contributed by atoms with Gasteiger partial charge in [0.15, 0.2) is 0 Å². The summed E-state index contributed by atoms with van der Waals surface area (Å²) in [6.07, 6.45) is 3.31. The maximum atomic E-state index is 10.9. The number of aromatic nitrogens is 2. The molecule has 86 valence electrons. The molecule has 2 aromatic rings. The number of nitrogens with zero attached hydrogens (tertiary/aromatic N) is 2. The molecule has 0 aliphatic heterocycles. The number of halogens is 1. The number of carbonyl (C=O) groups excluding carboxylic acids is 1. The molecule has 1 amide bonds. The van der Waals surface area contributed by atoms with Gasteiger partial charge in [-0.1, -0.05) is 0 Å². The van der Waals surface area contributed by atoms with Gasteiger partial charge in [-0.3, -0.25) is 4.79 Å². The highest BCUT2D eigenvalue weighted by Gasteiger charge is 2.02. The lowest BCUT2D eigenvalue weighted by Crippen LogP contribution is -2.10. The van der Waals surface area contributed by atoms with Gasteiger partial charge in [-0.2, -0.15) is 0 Å². The number of hydrogen-bond acceptors (Lipinski definition) is 4. The Bertz CT molecular complexity index is 525. The van der Waals surface area contributed by atoms with E-state index in [4.69, 9.17) is 10.5 Å². The van der Waals surface area contributed by atoms with E-state index in [1.54, 1.807) is 36.7 Å². The molecule has 1 aromatic heterocycles. The second kappa shape index (κ2) is 5.09. The van der Waals surface area contributed by atoms with Crippen molar-refractivity contribution in [3.05, 3.63) is 45.8 Å². The summed E-state index contributed by atoms with van der Waals surface area (Å²) < 4.78 is 6.32. The zero-order chi connectivity index (χ0) is 12.3. The van der Waals surface area contributed by atoms with Gasteiger partial charge in [-0.05, 0) is 46.9 Å². The van der Waals surface area contributed by atoms with Crippen LogP contribution in [-0.4, -0.2) is 15.9 Å². The minimum Gasteiger partial charge on any atom is -0.424 e. The van der Waals surface area contributed by atoms with Crippen LogP contribution < -0.4 is 10.5 Å². The van der Waals surface area contributed by atoms with Gasteiger partial charge in [0.25, 0.3) is 0 Å². The second-order valence-electron chi connectivity index (χ2n) is 3.17. The van der Waals surface area contributed by atoms with Crippen molar-refractivity contribution in [2.24, 2.45) is 5.73 Å². The molecule has 0 spiro atoms. The Morgan fingerprint density at radius 2 is 1.76 bits per heavy atom. The normalized spacial score (nSPS) is 9.94. The molecule has 0 fully saturated rings. The van der Waals surface area contributed by atoms with E-state index in [-0.39, 0.29) is 6.01 Å². The summed E-state index contributed by atoms with van der Waals surface area (Å²) in [5.74, 6) is 0.0817. The molecular weight excluding hydrogens is 333 g/mol. The summed E-state index contributed by atoms with van der Waals surface area (Å²) in [5.41, 5.74) is 5.56. The fraction of sp³-hybridized carbons (Fsp3) is 0. The summed E-state index contributed by atoms with van der Waals surface area (Å²) >= 11 is 2.11. The molecule has 2 N–H and O–H groups in total. The van der Waals surface area contributed by atoms with Gasteiger partial charge in [-0.15, -0.1) is 0 Å². The summed E-state index contributed by atoms with van der Waals surface area (Å²) in [5, 5.41) is 0. The van der Waals surface area contributed by atoms with Crippen molar-refractivity contribution in [1.82, 2.24) is 9.97 Å². The molecule has 0 aliphatic carbocycles. The number of hydrogen-bond donors (Lipinski definition) is 1. The van der Waals surface area contributed by atoms with Crippen LogP contribution in [0.1, 0.15) is 10.4 Å². The van der Waals surface area contributed by atoms with Gasteiger partial charge >= 0.3 is 6.01 Å². The van der Waals surface area contributed by atoms with E-state index in [2.05, 4.69) is 32.6 Å². The minimum atomic E-state index is -0.470. The first-order valence-electron chi connectivity index (χ1n) is 4.70. The molecule has 1 aromatic carbocycles. The fourth-order valence-corrected chi connectivity index (χ4v) is 1.42. The van der Waals surface area contributed by atoms with Crippen molar-refractivity contribution >= 4 is 28.5 Å². The van der Waals surface area contributed by atoms with E-state index >= 15 is 0 Å². The molecule has 0 radical (unpaired) electrons. The molecule has 0 saturated carbocycles. The van der Waals surface area contributed by atoms with Gasteiger partial charge in [0.2, 0.25) is 5.91 Å². The molecule has 0 saturated heterocycles. The minimum absolute atomic E-state index is 0.261. The molecule has 0 atom stereocenters. The van der Waals surface area contributed by atoms with Crippen LogP contribution in [0.2, 0.25) is 0 Å². The topological polar surface area (TPSA) is 78.1 Å². The highest BCUT2D eigenvalue weighted by Crippen LogP contribution is 2.18. The van der Waals surface area contributed by atoms with Gasteiger partial charge in [0.1, 0.15) is 5.75 Å². The largest absolute Gasteiger partial charge is 0.424 e. The smallest absolute Gasteiger partial charge is 0.321 e. The summed E-state index contributed by atoms with van der Waals surface area (Å²) in [4.78, 5) is 18.9. The molecule has 0 aliphatic rings. The van der Waals surface area contributed by atoms with Crippen LogP contribution in [0.4, 0.5) is 0 Å². The first kappa shape index (κ1) is 11.8. The third kappa shape index (κ3) is 3.13. The van der Waals surface area contributed by atoms with Gasteiger partial charge < -0.3 is 10.5 Å². The average Bonchev–Trinajstić information content (AvgIpc) is 2.33. The average molecular weight is 341 g/mol. The number of amides is 1. The molecule has 6 heteroatoms. The van der Waals surface area contributed by atoms with Crippen molar-refractivity contribution in [3.63, 3.8) is 0 Å². The van der Waals surface area contributed by atoms with E-state index < -0.39 is 5.91 Å². The van der Waals surface area contributed by atoms with Crippen LogP contribution in [0, 0.1) is 3.57 Å². The van der Waals surface area contributed by atoms with Gasteiger partial charge in [-0.25, -0.2) is 9.97 Å². The lowest BCUT2D eigenvalue weighted by molar-refractivity contribution is 0.100. The van der Waals surface area contributed by atoms with E-state index in [0.717, 1.165) is 3.57 Å². The summed E-state index contributed by atoms with van der Waals surface area (Å²) in [6.45, 7) is 0. The van der Waals surface area contributed by atoms with Crippen LogP contribution in [0.5, 0.6) is 11.8 Å². The second-order valence-corrected chi connectivity index (χ2v) is 4.42. The number of benzene rings is 1. The monoisotopic (exact) mass is 341 g/mol. The lowest BCUT2D eigenvalue weighted by Gasteiger charge is -2.03. The summed E-state index contributed by atoms with van der Waals surface area (Å²) in [6, 6.07) is 6.72. The molecule has 0 unspecified atom stereocenters. The molecule has 1 heterocycles. The SMILES string of the molecule is NC(=O)c1ccc(Oc2ncc(I)cn2)cc1. The van der Waals surface area contributed by atoms with Crippen LogP contribution in [-0.2, 0) is 0 Å². The third-order valence-corrected chi connectivity index (χ3v) is 2.50. The Kier molecular flexibility index (Phi) is 3.52. The Hall–Kier alpha value is -1.70. The van der Waals surface area contributed by atoms with Crippen molar-refractivity contribution in [1.29, 1.82) is 0 Å². The Morgan fingerprint density at radius 1 is 1.18 bits per heavy atom. The molecule has 2 rings (SSSR count). The quantitative estimate of drug-likeness (QED) is 0.866. The number of nitrogens with two attached hydrogens (primary N) is 1. The number of carbonyl (C=O) groups is 1. The first-order chi connectivity index (χ1) is 8.15. The van der Waals surface area contributed by atoms with Crippen LogP contribution >= 0.6 is 22.6 Å². The molecule has 17 heavy (non-hydrogen) atoms. The van der Waals surface area contributed by atoms with E-state index in [9.17, 15) is 4.79 Å². The zero-order valence-corrected chi connectivity index (χ0v) is 10.8. The van der Waals surface area contributed by atoms with Crippen LogP contribution in [0.25, 0.3) is 0 Å². The van der Waals surface area contributed by atoms with Crippen molar-refractivity contribution in [2.45, 2.75) is 0 Å². The zero-order valence-electron chi connectivity index (χ0n) is 8.63. The van der Waals surface area contributed by atoms with Crippen molar-refractivity contribution < 1.29 is 9.53 Å². The number of ether oxygens (including phenoxy) is 1. The van der Waals surface area contributed by atoms with Crippen LogP contribution in [0.15, 0.2) is 36.7 Å². The third-order valence-electron chi connectivity index (χ3n) is 1.94.